The van der Waals surface area contributed by atoms with Crippen LogP contribution in [-0.4, -0.2) is 24.6 Å². The van der Waals surface area contributed by atoms with Crippen molar-refractivity contribution >= 4 is 29.8 Å². The molecule has 2 aromatic carbocycles. The first-order valence-corrected chi connectivity index (χ1v) is 10.4. The van der Waals surface area contributed by atoms with Crippen molar-refractivity contribution in [3.05, 3.63) is 54.4 Å². The van der Waals surface area contributed by atoms with Gasteiger partial charge in [-0.2, -0.15) is 0 Å². The van der Waals surface area contributed by atoms with Gasteiger partial charge in [0, 0.05) is 4.90 Å². The van der Waals surface area contributed by atoms with E-state index in [1.54, 1.807) is 24.7 Å². The Morgan fingerprint density at radius 3 is 2.52 bits per heavy atom. The zero-order valence-corrected chi connectivity index (χ0v) is 13.4. The summed E-state index contributed by atoms with van der Waals surface area (Å²) in [5.41, 5.74) is 2.64. The van der Waals surface area contributed by atoms with Crippen LogP contribution in [0.2, 0.25) is 0 Å². The van der Waals surface area contributed by atoms with E-state index >= 15 is 0 Å². The first kappa shape index (κ1) is 14.2. The molecule has 0 bridgehead atoms. The van der Waals surface area contributed by atoms with Crippen molar-refractivity contribution < 1.29 is 8.42 Å². The number of benzene rings is 2. The minimum atomic E-state index is -3.37. The van der Waals surface area contributed by atoms with Crippen molar-refractivity contribution in [1.82, 2.24) is 9.97 Å². The number of hydrogen-bond acceptors (Lipinski definition) is 3. The number of H-pyrrole nitrogens is 1. The van der Waals surface area contributed by atoms with Gasteiger partial charge in [-0.1, -0.05) is 23.8 Å². The van der Waals surface area contributed by atoms with Crippen LogP contribution in [0.25, 0.3) is 11.0 Å². The van der Waals surface area contributed by atoms with Gasteiger partial charge < -0.3 is 4.98 Å². The third-order valence-electron chi connectivity index (χ3n) is 3.45. The van der Waals surface area contributed by atoms with Gasteiger partial charge in [-0.25, -0.2) is 13.4 Å². The van der Waals surface area contributed by atoms with E-state index in [1.807, 2.05) is 37.3 Å². The number of thiol groups is 1. The molecule has 0 amide bonds. The summed E-state index contributed by atoms with van der Waals surface area (Å²) in [6, 6.07) is 12.6. The number of hydrogen-bond donors (Lipinski definition) is 2. The normalized spacial score (nSPS) is 14.3. The number of rotatable bonds is 3. The largest absolute Gasteiger partial charge is 0.345 e. The molecule has 21 heavy (non-hydrogen) atoms. The third kappa shape index (κ3) is 2.45. The number of aromatic nitrogens is 2. The summed E-state index contributed by atoms with van der Waals surface area (Å²) in [4.78, 5) is 8.43. The fourth-order valence-electron chi connectivity index (χ4n) is 2.20. The molecule has 0 radical (unpaired) electrons. The van der Waals surface area contributed by atoms with Gasteiger partial charge in [-0.3, -0.25) is 0 Å². The van der Waals surface area contributed by atoms with E-state index in [-0.39, 0.29) is 0 Å². The molecule has 1 heterocycles. The fraction of sp³-hybridized carbons (Fsp3) is 0.133. The quantitative estimate of drug-likeness (QED) is 0.575. The number of para-hydroxylation sites is 1. The monoisotopic (exact) mass is 320 g/mol. The van der Waals surface area contributed by atoms with Crippen LogP contribution >= 0.6 is 9.93 Å². The first-order chi connectivity index (χ1) is 10.00. The summed E-state index contributed by atoms with van der Waals surface area (Å²) in [5.74, 6) is 0. The highest BCUT2D eigenvalue weighted by Crippen LogP contribution is 2.45. The Balaban J connectivity index is 2.10. The number of aryl methyl sites for hydroxylation is 1. The van der Waals surface area contributed by atoms with E-state index in [0.717, 1.165) is 21.5 Å². The number of aromatic amines is 1. The Labute approximate surface area is 125 Å². The second-order valence-corrected chi connectivity index (χ2v) is 10.8. The maximum atomic E-state index is 12.8. The molecule has 1 atom stereocenters. The van der Waals surface area contributed by atoms with Gasteiger partial charge in [0.25, 0.3) is 0 Å². The molecule has 0 spiro atoms. The first-order valence-electron chi connectivity index (χ1n) is 6.48. The van der Waals surface area contributed by atoms with Crippen LogP contribution in [0.15, 0.2) is 58.6 Å². The Morgan fingerprint density at radius 1 is 1.10 bits per heavy atom. The van der Waals surface area contributed by atoms with Crippen LogP contribution in [-0.2, 0) is 8.87 Å². The smallest absolute Gasteiger partial charge is 0.214 e. The van der Waals surface area contributed by atoms with E-state index in [0.29, 0.717) is 4.90 Å². The molecule has 0 aliphatic carbocycles. The molecule has 3 aromatic rings. The number of nitrogens with zero attached hydrogens (tertiary/aromatic N) is 1. The molecule has 3 rings (SSSR count). The summed E-state index contributed by atoms with van der Waals surface area (Å²) in [5, 5.41) is 0. The maximum absolute atomic E-state index is 12.8. The fourth-order valence-corrected chi connectivity index (χ4v) is 6.56. The lowest BCUT2D eigenvalue weighted by molar-refractivity contribution is 0.610. The topological polar surface area (TPSA) is 62.8 Å². The second kappa shape index (κ2) is 5.20. The summed E-state index contributed by atoms with van der Waals surface area (Å²) < 4.78 is 25.6. The summed E-state index contributed by atoms with van der Waals surface area (Å²) >= 11 is 0. The van der Waals surface area contributed by atoms with Crippen LogP contribution in [0, 0.1) is 6.92 Å². The Morgan fingerprint density at radius 2 is 1.81 bits per heavy atom. The van der Waals surface area contributed by atoms with Gasteiger partial charge in [-0.15, -0.1) is 9.93 Å². The van der Waals surface area contributed by atoms with E-state index in [9.17, 15) is 8.42 Å². The summed E-state index contributed by atoms with van der Waals surface area (Å²) in [6.07, 6.45) is 3.36. The average Bonchev–Trinajstić information content (AvgIpc) is 2.95. The highest BCUT2D eigenvalue weighted by Gasteiger charge is 2.23. The van der Waals surface area contributed by atoms with E-state index in [2.05, 4.69) is 9.97 Å². The van der Waals surface area contributed by atoms with Gasteiger partial charge >= 0.3 is 0 Å². The van der Waals surface area contributed by atoms with Crippen molar-refractivity contribution in [3.63, 3.8) is 0 Å². The highest BCUT2D eigenvalue weighted by molar-refractivity contribution is 8.80. The van der Waals surface area contributed by atoms with E-state index in [4.69, 9.17) is 0 Å². The number of fused-ring (bicyclic) bond motifs is 1. The predicted octanol–water partition coefficient (Wildman–Crippen LogP) is 3.25. The number of imidazole rings is 1. The predicted molar refractivity (Wildman–Crippen MR) is 87.6 cm³/mol. The molecule has 1 unspecified atom stereocenters. The molecule has 0 aliphatic heterocycles. The molecular weight excluding hydrogens is 304 g/mol. The van der Waals surface area contributed by atoms with Crippen molar-refractivity contribution in [2.45, 2.75) is 16.7 Å². The standard InChI is InChI=1S/C15H16N2O2S2/c1-11-6-8-12(9-7-11)21(18,19)20(2)14-5-3-4-13-15(14)17-10-16-13/h3-10,20H,1-2H3,(H,16,17). The molecule has 110 valence electrons. The van der Waals surface area contributed by atoms with Gasteiger partial charge in [0.1, 0.15) is 5.52 Å². The molecule has 1 aromatic heterocycles. The molecule has 0 saturated heterocycles. The van der Waals surface area contributed by atoms with Crippen molar-refractivity contribution in [2.24, 2.45) is 0 Å². The minimum Gasteiger partial charge on any atom is -0.345 e. The molecule has 0 fully saturated rings. The SMILES string of the molecule is Cc1ccc(S(=O)(=O)[SH](C)c2cccc3[nH]cnc23)cc1. The summed E-state index contributed by atoms with van der Waals surface area (Å²) in [7, 11) is -4.76. The van der Waals surface area contributed by atoms with Crippen molar-refractivity contribution in [1.29, 1.82) is 0 Å². The molecule has 1 N–H and O–H groups in total. The zero-order chi connectivity index (χ0) is 15.0. The van der Waals surface area contributed by atoms with Crippen LogP contribution < -0.4 is 0 Å². The number of nitrogens with one attached hydrogen (secondary N) is 1. The van der Waals surface area contributed by atoms with Crippen LogP contribution in [0.3, 0.4) is 0 Å². The van der Waals surface area contributed by atoms with Gasteiger partial charge in [0.2, 0.25) is 8.87 Å². The highest BCUT2D eigenvalue weighted by atomic mass is 33.2. The molecular formula is C15H16N2O2S2. The Hall–Kier alpha value is -1.79. The lowest BCUT2D eigenvalue weighted by Gasteiger charge is -2.18. The van der Waals surface area contributed by atoms with Crippen LogP contribution in [0.4, 0.5) is 0 Å². The lowest BCUT2D eigenvalue weighted by Crippen LogP contribution is -2.02. The lowest BCUT2D eigenvalue weighted by atomic mass is 10.2. The van der Waals surface area contributed by atoms with Crippen LogP contribution in [0.1, 0.15) is 5.56 Å². The average molecular weight is 320 g/mol. The third-order valence-corrected chi connectivity index (χ3v) is 9.46. The van der Waals surface area contributed by atoms with Crippen LogP contribution in [0.5, 0.6) is 0 Å². The van der Waals surface area contributed by atoms with Gasteiger partial charge in [-0.05, 0) is 37.4 Å². The molecule has 0 saturated carbocycles. The molecule has 4 nitrogen and oxygen atoms in total. The molecule has 0 aliphatic rings. The minimum absolute atomic E-state index is 0.370. The Bertz CT molecular complexity index is 883. The Kier molecular flexibility index (Phi) is 3.51. The second-order valence-electron chi connectivity index (χ2n) is 4.86. The van der Waals surface area contributed by atoms with E-state index in [1.165, 1.54) is 0 Å². The van der Waals surface area contributed by atoms with Gasteiger partial charge in [0.15, 0.2) is 0 Å². The van der Waals surface area contributed by atoms with Crippen molar-refractivity contribution in [3.8, 4) is 0 Å². The maximum Gasteiger partial charge on any atom is 0.214 e. The van der Waals surface area contributed by atoms with E-state index < -0.39 is 18.8 Å². The van der Waals surface area contributed by atoms with Crippen molar-refractivity contribution in [2.75, 3.05) is 6.26 Å². The summed E-state index contributed by atoms with van der Waals surface area (Å²) in [6.45, 7) is 1.94. The molecule has 6 heteroatoms. The zero-order valence-electron chi connectivity index (χ0n) is 11.7. The van der Waals surface area contributed by atoms with Gasteiger partial charge in [0.05, 0.1) is 16.7 Å².